The maximum Gasteiger partial charge on any atom is 0.117 e. The van der Waals surface area contributed by atoms with Gasteiger partial charge in [-0.1, -0.05) is 0 Å². The van der Waals surface area contributed by atoms with Crippen molar-refractivity contribution in [2.45, 2.75) is 26.8 Å². The van der Waals surface area contributed by atoms with Crippen LogP contribution in [0.25, 0.3) is 0 Å². The van der Waals surface area contributed by atoms with Crippen molar-refractivity contribution in [3.8, 4) is 0 Å². The molecular formula is C12H16N2OS. The number of thiazole rings is 1. The zero-order valence-electron chi connectivity index (χ0n) is 9.62. The molecule has 2 rings (SSSR count). The van der Waals surface area contributed by atoms with Crippen LogP contribution in [0.5, 0.6) is 0 Å². The number of hydrogen-bond donors (Lipinski definition) is 1. The van der Waals surface area contributed by atoms with Gasteiger partial charge >= 0.3 is 0 Å². The first-order valence-corrected chi connectivity index (χ1v) is 6.23. The van der Waals surface area contributed by atoms with Gasteiger partial charge in [0.25, 0.3) is 0 Å². The molecule has 2 heterocycles. The largest absolute Gasteiger partial charge is 0.465 e. The summed E-state index contributed by atoms with van der Waals surface area (Å²) in [6.07, 6.45) is 2.91. The van der Waals surface area contributed by atoms with Crippen molar-refractivity contribution in [2.75, 3.05) is 6.54 Å². The molecule has 0 spiro atoms. The fourth-order valence-corrected chi connectivity index (χ4v) is 2.29. The minimum absolute atomic E-state index is 0.790. The van der Waals surface area contributed by atoms with E-state index in [1.807, 2.05) is 25.3 Å². The van der Waals surface area contributed by atoms with Crippen molar-refractivity contribution < 1.29 is 4.42 Å². The monoisotopic (exact) mass is 236 g/mol. The minimum atomic E-state index is 0.790. The van der Waals surface area contributed by atoms with Crippen LogP contribution in [0.2, 0.25) is 0 Å². The lowest BCUT2D eigenvalue weighted by Crippen LogP contribution is -2.16. The molecule has 0 aliphatic heterocycles. The van der Waals surface area contributed by atoms with E-state index in [4.69, 9.17) is 4.42 Å². The molecule has 16 heavy (non-hydrogen) atoms. The highest BCUT2D eigenvalue weighted by atomic mass is 32.1. The maximum absolute atomic E-state index is 5.46. The van der Waals surface area contributed by atoms with Gasteiger partial charge in [0.2, 0.25) is 0 Å². The zero-order valence-corrected chi connectivity index (χ0v) is 10.4. The summed E-state index contributed by atoms with van der Waals surface area (Å²) in [6.45, 7) is 5.77. The Morgan fingerprint density at radius 3 is 2.88 bits per heavy atom. The molecule has 0 aliphatic rings. The third-order valence-electron chi connectivity index (χ3n) is 2.28. The number of aromatic nitrogens is 1. The molecule has 3 nitrogen and oxygen atoms in total. The first-order valence-electron chi connectivity index (χ1n) is 5.41. The average molecular weight is 236 g/mol. The van der Waals surface area contributed by atoms with Crippen LogP contribution in [0.3, 0.4) is 0 Å². The lowest BCUT2D eigenvalue weighted by atomic mass is 10.4. The predicted octanol–water partition coefficient (Wildman–Crippen LogP) is 2.69. The summed E-state index contributed by atoms with van der Waals surface area (Å²) >= 11 is 1.76. The number of furan rings is 1. The van der Waals surface area contributed by atoms with Crippen molar-refractivity contribution in [1.82, 2.24) is 10.3 Å². The Bertz CT molecular complexity index is 405. The Morgan fingerprint density at radius 1 is 1.38 bits per heavy atom. The van der Waals surface area contributed by atoms with Gasteiger partial charge in [-0.25, -0.2) is 4.98 Å². The van der Waals surface area contributed by atoms with E-state index in [9.17, 15) is 0 Å². The van der Waals surface area contributed by atoms with Crippen LogP contribution in [0.15, 0.2) is 22.7 Å². The number of nitrogens with zero attached hydrogens (tertiary/aromatic N) is 1. The van der Waals surface area contributed by atoms with Crippen LogP contribution >= 0.6 is 11.3 Å². The predicted molar refractivity (Wildman–Crippen MR) is 65.7 cm³/mol. The summed E-state index contributed by atoms with van der Waals surface area (Å²) in [6, 6.07) is 4.00. The van der Waals surface area contributed by atoms with Gasteiger partial charge in [-0.2, -0.15) is 0 Å². The van der Waals surface area contributed by atoms with E-state index in [0.717, 1.165) is 31.0 Å². The Labute approximate surface area is 99.5 Å². The molecule has 0 amide bonds. The summed E-state index contributed by atoms with van der Waals surface area (Å²) in [7, 11) is 0. The number of aryl methyl sites for hydroxylation is 2. The molecular weight excluding hydrogens is 220 g/mol. The summed E-state index contributed by atoms with van der Waals surface area (Å²) < 4.78 is 5.46. The summed E-state index contributed by atoms with van der Waals surface area (Å²) in [5, 5.41) is 4.54. The molecule has 0 unspecified atom stereocenters. The Balaban J connectivity index is 1.69. The van der Waals surface area contributed by atoms with E-state index >= 15 is 0 Å². The van der Waals surface area contributed by atoms with Crippen LogP contribution in [0.1, 0.15) is 21.4 Å². The fraction of sp³-hybridized carbons (Fsp3) is 0.417. The van der Waals surface area contributed by atoms with Gasteiger partial charge in [0.1, 0.15) is 11.5 Å². The third-order valence-corrected chi connectivity index (χ3v) is 3.25. The lowest BCUT2D eigenvalue weighted by molar-refractivity contribution is 0.463. The number of hydrogen-bond acceptors (Lipinski definition) is 4. The molecule has 86 valence electrons. The molecule has 0 fully saturated rings. The SMILES string of the molecule is Cc1ccc(CNCCc2ncc(C)s2)o1. The Morgan fingerprint density at radius 2 is 2.25 bits per heavy atom. The second-order valence-corrected chi connectivity index (χ2v) is 5.12. The quantitative estimate of drug-likeness (QED) is 0.811. The lowest BCUT2D eigenvalue weighted by Gasteiger charge is -2.00. The molecule has 0 aliphatic carbocycles. The van der Waals surface area contributed by atoms with E-state index in [2.05, 4.69) is 17.2 Å². The normalized spacial score (nSPS) is 10.9. The highest BCUT2D eigenvalue weighted by Gasteiger charge is 2.00. The van der Waals surface area contributed by atoms with Crippen molar-refractivity contribution in [3.05, 3.63) is 39.7 Å². The Kier molecular flexibility index (Phi) is 3.74. The van der Waals surface area contributed by atoms with E-state index in [1.54, 1.807) is 11.3 Å². The molecule has 0 atom stereocenters. The molecule has 0 radical (unpaired) electrons. The van der Waals surface area contributed by atoms with Gasteiger partial charge < -0.3 is 9.73 Å². The summed E-state index contributed by atoms with van der Waals surface area (Å²) in [5.41, 5.74) is 0. The molecule has 4 heteroatoms. The van der Waals surface area contributed by atoms with E-state index < -0.39 is 0 Å². The van der Waals surface area contributed by atoms with E-state index in [-0.39, 0.29) is 0 Å². The molecule has 0 aromatic carbocycles. The van der Waals surface area contributed by atoms with Gasteiger partial charge in [0.15, 0.2) is 0 Å². The van der Waals surface area contributed by atoms with Crippen LogP contribution < -0.4 is 5.32 Å². The first-order chi connectivity index (χ1) is 7.74. The number of rotatable bonds is 5. The van der Waals surface area contributed by atoms with Crippen molar-refractivity contribution >= 4 is 11.3 Å². The fourth-order valence-electron chi connectivity index (χ4n) is 1.50. The second-order valence-electron chi connectivity index (χ2n) is 3.80. The minimum Gasteiger partial charge on any atom is -0.465 e. The van der Waals surface area contributed by atoms with Gasteiger partial charge in [-0.05, 0) is 26.0 Å². The summed E-state index contributed by atoms with van der Waals surface area (Å²) in [4.78, 5) is 5.59. The van der Waals surface area contributed by atoms with Gasteiger partial charge in [0, 0.05) is 24.0 Å². The molecule has 1 N–H and O–H groups in total. The van der Waals surface area contributed by atoms with E-state index in [0.29, 0.717) is 0 Å². The summed E-state index contributed by atoms with van der Waals surface area (Å²) in [5.74, 6) is 1.96. The maximum atomic E-state index is 5.46. The third kappa shape index (κ3) is 3.18. The zero-order chi connectivity index (χ0) is 11.4. The van der Waals surface area contributed by atoms with Crippen LogP contribution in [-0.4, -0.2) is 11.5 Å². The van der Waals surface area contributed by atoms with Crippen LogP contribution in [0.4, 0.5) is 0 Å². The van der Waals surface area contributed by atoms with E-state index in [1.165, 1.54) is 9.88 Å². The van der Waals surface area contributed by atoms with Gasteiger partial charge in [-0.15, -0.1) is 11.3 Å². The Hall–Kier alpha value is -1.13. The topological polar surface area (TPSA) is 38.1 Å². The molecule has 0 saturated heterocycles. The van der Waals surface area contributed by atoms with Gasteiger partial charge in [-0.3, -0.25) is 0 Å². The molecule has 2 aromatic rings. The molecule has 0 saturated carbocycles. The highest BCUT2D eigenvalue weighted by Crippen LogP contribution is 2.11. The smallest absolute Gasteiger partial charge is 0.117 e. The highest BCUT2D eigenvalue weighted by molar-refractivity contribution is 7.11. The standard InChI is InChI=1S/C12H16N2OS/c1-9-3-4-11(15-9)8-13-6-5-12-14-7-10(2)16-12/h3-4,7,13H,5-6,8H2,1-2H3. The van der Waals surface area contributed by atoms with Crippen molar-refractivity contribution in [1.29, 1.82) is 0 Å². The van der Waals surface area contributed by atoms with Crippen molar-refractivity contribution in [3.63, 3.8) is 0 Å². The van der Waals surface area contributed by atoms with Crippen LogP contribution in [0, 0.1) is 13.8 Å². The average Bonchev–Trinajstić information content (AvgIpc) is 2.83. The molecule has 2 aromatic heterocycles. The van der Waals surface area contributed by atoms with Crippen molar-refractivity contribution in [2.24, 2.45) is 0 Å². The first kappa shape index (κ1) is 11.4. The molecule has 0 bridgehead atoms. The van der Waals surface area contributed by atoms with Gasteiger partial charge in [0.05, 0.1) is 11.6 Å². The van der Waals surface area contributed by atoms with Crippen LogP contribution in [-0.2, 0) is 13.0 Å². The number of nitrogens with one attached hydrogen (secondary N) is 1. The second kappa shape index (κ2) is 5.27.